The van der Waals surface area contributed by atoms with Gasteiger partial charge in [0.1, 0.15) is 6.33 Å². The Morgan fingerprint density at radius 3 is 2.25 bits per heavy atom. The molecule has 1 aliphatic heterocycles. The molecule has 4 aromatic rings. The van der Waals surface area contributed by atoms with Crippen molar-refractivity contribution in [2.24, 2.45) is 0 Å². The van der Waals surface area contributed by atoms with E-state index in [9.17, 15) is 5.11 Å². The average Bonchev–Trinajstić information content (AvgIpc) is 3.34. The molecule has 1 aliphatic rings. The molecule has 1 N–H and O–H groups in total. The zero-order chi connectivity index (χ0) is 18.9. The highest BCUT2D eigenvalue weighted by Crippen LogP contribution is 2.40. The molecule has 0 bridgehead atoms. The standard InChI is InChI=1S/C21H21N5OS/c27-20-19(28-21-22-15-23-26(20)21)18(16-7-3-1-4-8-16)25-13-11-24(12-14-25)17-9-5-2-6-10-17/h1-10,15,18,27H,11-14H2/t18-/m0/s1. The molecule has 3 heterocycles. The Labute approximate surface area is 167 Å². The molecule has 0 radical (unpaired) electrons. The number of piperazine rings is 1. The van der Waals surface area contributed by atoms with Gasteiger partial charge in [0.05, 0.1) is 10.9 Å². The zero-order valence-electron chi connectivity index (χ0n) is 15.3. The maximum absolute atomic E-state index is 10.8. The minimum atomic E-state index is -0.00683. The van der Waals surface area contributed by atoms with E-state index in [4.69, 9.17) is 0 Å². The van der Waals surface area contributed by atoms with Crippen LogP contribution in [-0.4, -0.2) is 50.8 Å². The first kappa shape index (κ1) is 17.2. The summed E-state index contributed by atoms with van der Waals surface area (Å²) in [7, 11) is 0. The number of anilines is 1. The summed E-state index contributed by atoms with van der Waals surface area (Å²) in [5.41, 5.74) is 2.44. The molecule has 142 valence electrons. The highest BCUT2D eigenvalue weighted by atomic mass is 32.1. The number of nitrogens with zero attached hydrogens (tertiary/aromatic N) is 5. The number of benzene rings is 2. The van der Waals surface area contributed by atoms with E-state index in [-0.39, 0.29) is 11.9 Å². The topological polar surface area (TPSA) is 56.9 Å². The Bertz CT molecular complexity index is 1050. The van der Waals surface area contributed by atoms with Crippen LogP contribution in [0.3, 0.4) is 0 Å². The van der Waals surface area contributed by atoms with Crippen molar-refractivity contribution >= 4 is 22.0 Å². The fourth-order valence-electron chi connectivity index (χ4n) is 3.91. The Morgan fingerprint density at radius 2 is 1.57 bits per heavy atom. The summed E-state index contributed by atoms with van der Waals surface area (Å²) in [5.74, 6) is 0.192. The SMILES string of the molecule is Oc1c([C@H](c2ccccc2)N2CCN(c3ccccc3)CC2)sc2ncnn12. The van der Waals surface area contributed by atoms with Gasteiger partial charge in [-0.15, -0.1) is 0 Å². The lowest BCUT2D eigenvalue weighted by molar-refractivity contribution is 0.211. The molecule has 7 heteroatoms. The minimum absolute atomic E-state index is 0.00683. The van der Waals surface area contributed by atoms with Gasteiger partial charge in [0.15, 0.2) is 0 Å². The minimum Gasteiger partial charge on any atom is -0.492 e. The van der Waals surface area contributed by atoms with Gasteiger partial charge in [0.2, 0.25) is 10.8 Å². The van der Waals surface area contributed by atoms with Crippen LogP contribution in [0.2, 0.25) is 0 Å². The molecule has 1 saturated heterocycles. The summed E-state index contributed by atoms with van der Waals surface area (Å²) in [6, 6.07) is 20.9. The Balaban J connectivity index is 1.46. The summed E-state index contributed by atoms with van der Waals surface area (Å²) in [6.07, 6.45) is 1.48. The van der Waals surface area contributed by atoms with Gasteiger partial charge >= 0.3 is 0 Å². The number of para-hydroxylation sites is 1. The van der Waals surface area contributed by atoms with E-state index in [0.717, 1.165) is 36.0 Å². The highest BCUT2D eigenvalue weighted by Gasteiger charge is 2.31. The van der Waals surface area contributed by atoms with Crippen molar-refractivity contribution in [3.8, 4) is 5.88 Å². The van der Waals surface area contributed by atoms with Gasteiger partial charge < -0.3 is 10.0 Å². The van der Waals surface area contributed by atoms with Gasteiger partial charge in [-0.05, 0) is 17.7 Å². The lowest BCUT2D eigenvalue weighted by atomic mass is 10.0. The zero-order valence-corrected chi connectivity index (χ0v) is 16.2. The number of thiazole rings is 1. The van der Waals surface area contributed by atoms with E-state index in [1.807, 2.05) is 6.07 Å². The first-order valence-corrected chi connectivity index (χ1v) is 10.2. The first-order chi connectivity index (χ1) is 13.8. The third kappa shape index (κ3) is 3.02. The molecule has 1 atom stereocenters. The summed E-state index contributed by atoms with van der Waals surface area (Å²) in [5, 5.41) is 15.0. The number of rotatable bonds is 4. The van der Waals surface area contributed by atoms with Crippen molar-refractivity contribution in [3.63, 3.8) is 0 Å². The van der Waals surface area contributed by atoms with Crippen molar-refractivity contribution in [2.45, 2.75) is 6.04 Å². The van der Waals surface area contributed by atoms with Crippen LogP contribution in [0.15, 0.2) is 67.0 Å². The molecule has 2 aromatic carbocycles. The van der Waals surface area contributed by atoms with E-state index in [1.54, 1.807) is 0 Å². The number of fused-ring (bicyclic) bond motifs is 1. The average molecular weight is 392 g/mol. The fourth-order valence-corrected chi connectivity index (χ4v) is 5.00. The lowest BCUT2D eigenvalue weighted by Crippen LogP contribution is -2.47. The molecule has 0 unspecified atom stereocenters. The van der Waals surface area contributed by atoms with Crippen LogP contribution in [0.4, 0.5) is 5.69 Å². The fraction of sp³-hybridized carbons (Fsp3) is 0.238. The van der Waals surface area contributed by atoms with Crippen LogP contribution in [0.1, 0.15) is 16.5 Å². The van der Waals surface area contributed by atoms with Crippen molar-refractivity contribution in [3.05, 3.63) is 77.4 Å². The number of aromatic hydroxyl groups is 1. The van der Waals surface area contributed by atoms with Gasteiger partial charge in [0, 0.05) is 31.9 Å². The maximum atomic E-state index is 10.8. The van der Waals surface area contributed by atoms with Crippen LogP contribution in [0.25, 0.3) is 4.96 Å². The van der Waals surface area contributed by atoms with Crippen molar-refractivity contribution in [1.29, 1.82) is 0 Å². The second-order valence-electron chi connectivity index (χ2n) is 6.92. The molecule has 28 heavy (non-hydrogen) atoms. The van der Waals surface area contributed by atoms with Crippen LogP contribution in [-0.2, 0) is 0 Å². The predicted molar refractivity (Wildman–Crippen MR) is 111 cm³/mol. The summed E-state index contributed by atoms with van der Waals surface area (Å²) in [4.78, 5) is 10.7. The monoisotopic (exact) mass is 391 g/mol. The molecule has 1 fully saturated rings. The van der Waals surface area contributed by atoms with Gasteiger partial charge in [-0.1, -0.05) is 59.9 Å². The Morgan fingerprint density at radius 1 is 0.893 bits per heavy atom. The Hall–Kier alpha value is -2.90. The predicted octanol–water partition coefficient (Wildman–Crippen LogP) is 3.41. The van der Waals surface area contributed by atoms with E-state index < -0.39 is 0 Å². The van der Waals surface area contributed by atoms with Gasteiger partial charge in [0.25, 0.3) is 0 Å². The van der Waals surface area contributed by atoms with Crippen molar-refractivity contribution < 1.29 is 5.11 Å². The second-order valence-corrected chi connectivity index (χ2v) is 7.93. The van der Waals surface area contributed by atoms with E-state index in [0.29, 0.717) is 0 Å². The molecule has 2 aromatic heterocycles. The number of aromatic nitrogens is 3. The lowest BCUT2D eigenvalue weighted by Gasteiger charge is -2.40. The summed E-state index contributed by atoms with van der Waals surface area (Å²) >= 11 is 1.51. The smallest absolute Gasteiger partial charge is 0.230 e. The largest absolute Gasteiger partial charge is 0.492 e. The molecule has 6 nitrogen and oxygen atoms in total. The van der Waals surface area contributed by atoms with E-state index in [2.05, 4.69) is 74.5 Å². The summed E-state index contributed by atoms with van der Waals surface area (Å²) < 4.78 is 1.52. The first-order valence-electron chi connectivity index (χ1n) is 9.41. The molecule has 0 amide bonds. The molecule has 0 saturated carbocycles. The molecule has 0 spiro atoms. The van der Waals surface area contributed by atoms with Crippen molar-refractivity contribution in [2.75, 3.05) is 31.1 Å². The van der Waals surface area contributed by atoms with Crippen molar-refractivity contribution in [1.82, 2.24) is 19.5 Å². The maximum Gasteiger partial charge on any atom is 0.230 e. The van der Waals surface area contributed by atoms with Gasteiger partial charge in [-0.2, -0.15) is 9.61 Å². The molecular formula is C21H21N5OS. The number of hydrogen-bond acceptors (Lipinski definition) is 6. The van der Waals surface area contributed by atoms with Gasteiger partial charge in [-0.3, -0.25) is 4.90 Å². The van der Waals surface area contributed by atoms with Crippen LogP contribution in [0, 0.1) is 0 Å². The van der Waals surface area contributed by atoms with E-state index in [1.165, 1.54) is 33.4 Å². The molecule has 0 aliphatic carbocycles. The summed E-state index contributed by atoms with van der Waals surface area (Å²) in [6.45, 7) is 3.74. The highest BCUT2D eigenvalue weighted by molar-refractivity contribution is 7.17. The third-order valence-corrected chi connectivity index (χ3v) is 6.39. The second kappa shape index (κ2) is 7.26. The van der Waals surface area contributed by atoms with Crippen LogP contribution in [0.5, 0.6) is 5.88 Å². The van der Waals surface area contributed by atoms with Crippen LogP contribution < -0.4 is 4.90 Å². The molecular weight excluding hydrogens is 370 g/mol. The van der Waals surface area contributed by atoms with Crippen LogP contribution >= 0.6 is 11.3 Å². The van der Waals surface area contributed by atoms with Gasteiger partial charge in [-0.25, -0.2) is 4.98 Å². The number of hydrogen-bond donors (Lipinski definition) is 1. The third-order valence-electron chi connectivity index (χ3n) is 5.30. The van der Waals surface area contributed by atoms with E-state index >= 15 is 0 Å². The Kier molecular flexibility index (Phi) is 4.46. The quantitative estimate of drug-likeness (QED) is 0.578. The normalized spacial score (nSPS) is 16.5. The molecule has 5 rings (SSSR count).